The molecule has 1 aromatic carbocycles. The van der Waals surface area contributed by atoms with Gasteiger partial charge in [-0.3, -0.25) is 9.69 Å². The lowest BCUT2D eigenvalue weighted by Crippen LogP contribution is -2.27. The maximum Gasteiger partial charge on any atom is 0.415 e. The fourth-order valence-electron chi connectivity index (χ4n) is 1.68. The van der Waals surface area contributed by atoms with Gasteiger partial charge in [0.1, 0.15) is 0 Å². The molecule has 0 aliphatic carbocycles. The normalized spacial score (nSPS) is 18.6. The van der Waals surface area contributed by atoms with Crippen LogP contribution in [0, 0.1) is 0 Å². The van der Waals surface area contributed by atoms with Crippen LogP contribution in [-0.2, 0) is 9.53 Å². The Morgan fingerprint density at radius 1 is 1.33 bits per heavy atom. The second-order valence-electron chi connectivity index (χ2n) is 3.92. The van der Waals surface area contributed by atoms with Crippen LogP contribution in [0.5, 0.6) is 0 Å². The minimum absolute atomic E-state index is 0.0341. The number of Topliss-reactive ketones (excluding diaryl/α,β-unsaturated/α-hetero) is 1. The number of ketones is 1. The Morgan fingerprint density at radius 3 is 2.39 bits per heavy atom. The second-order valence-corrected chi connectivity index (χ2v) is 3.92. The first-order chi connectivity index (χ1) is 8.49. The molecule has 1 amide bonds. The van der Waals surface area contributed by atoms with Crippen molar-refractivity contribution >= 4 is 23.5 Å². The molecule has 0 saturated carbocycles. The summed E-state index contributed by atoms with van der Waals surface area (Å²) in [6.07, 6.45) is -1.84. The Bertz CT molecular complexity index is 508. The number of carboxylic acids is 1. The highest BCUT2D eigenvalue weighted by atomic mass is 16.6. The molecule has 6 heteroatoms. The lowest BCUT2D eigenvalue weighted by Gasteiger charge is -2.12. The first-order valence-electron chi connectivity index (χ1n) is 5.31. The number of carbonyl (C=O) groups is 3. The number of benzene rings is 1. The van der Waals surface area contributed by atoms with Crippen molar-refractivity contribution in [2.75, 3.05) is 11.4 Å². The molecule has 1 aliphatic rings. The van der Waals surface area contributed by atoms with Crippen molar-refractivity contribution in [3.05, 3.63) is 29.8 Å². The predicted octanol–water partition coefficient (Wildman–Crippen LogP) is 1.30. The van der Waals surface area contributed by atoms with Crippen LogP contribution in [0.15, 0.2) is 24.3 Å². The summed E-state index contributed by atoms with van der Waals surface area (Å²) in [6, 6.07) is 6.34. The van der Waals surface area contributed by atoms with Crippen molar-refractivity contribution in [1.82, 2.24) is 0 Å². The van der Waals surface area contributed by atoms with E-state index in [0.717, 1.165) is 0 Å². The lowest BCUT2D eigenvalue weighted by molar-refractivity contribution is -0.144. The molecule has 1 aromatic rings. The van der Waals surface area contributed by atoms with E-state index in [1.807, 2.05) is 0 Å². The molecule has 2 rings (SSSR count). The molecule has 1 N–H and O–H groups in total. The predicted molar refractivity (Wildman–Crippen MR) is 61.7 cm³/mol. The van der Waals surface area contributed by atoms with Gasteiger partial charge >= 0.3 is 12.1 Å². The molecule has 6 nitrogen and oxygen atoms in total. The van der Waals surface area contributed by atoms with E-state index in [0.29, 0.717) is 11.3 Å². The van der Waals surface area contributed by atoms with Crippen LogP contribution in [0.2, 0.25) is 0 Å². The van der Waals surface area contributed by atoms with Crippen molar-refractivity contribution < 1.29 is 24.2 Å². The van der Waals surface area contributed by atoms with Crippen molar-refractivity contribution in [3.63, 3.8) is 0 Å². The zero-order chi connectivity index (χ0) is 13.3. The maximum atomic E-state index is 11.5. The molecule has 0 radical (unpaired) electrons. The quantitative estimate of drug-likeness (QED) is 0.816. The van der Waals surface area contributed by atoms with Gasteiger partial charge in [0, 0.05) is 11.3 Å². The molecule has 1 aliphatic heterocycles. The molecular weight excluding hydrogens is 238 g/mol. The smallest absolute Gasteiger partial charge is 0.415 e. The van der Waals surface area contributed by atoms with E-state index >= 15 is 0 Å². The topological polar surface area (TPSA) is 83.9 Å². The highest BCUT2D eigenvalue weighted by Crippen LogP contribution is 2.22. The highest BCUT2D eigenvalue weighted by molar-refractivity contribution is 5.96. The number of cyclic esters (lactones) is 1. The summed E-state index contributed by atoms with van der Waals surface area (Å²) in [4.78, 5) is 34.5. The molecule has 0 aromatic heterocycles. The molecular formula is C12H11NO5. The Labute approximate surface area is 103 Å². The van der Waals surface area contributed by atoms with Gasteiger partial charge in [-0.1, -0.05) is 0 Å². The molecule has 1 fully saturated rings. The first kappa shape index (κ1) is 12.1. The Hall–Kier alpha value is -2.37. The molecule has 1 unspecified atom stereocenters. The van der Waals surface area contributed by atoms with Crippen LogP contribution < -0.4 is 4.90 Å². The van der Waals surface area contributed by atoms with E-state index in [4.69, 9.17) is 5.11 Å². The Morgan fingerprint density at radius 2 is 1.94 bits per heavy atom. The minimum Gasteiger partial charge on any atom is -0.478 e. The van der Waals surface area contributed by atoms with Gasteiger partial charge in [-0.25, -0.2) is 9.59 Å². The van der Waals surface area contributed by atoms with Crippen LogP contribution in [0.4, 0.5) is 10.5 Å². The lowest BCUT2D eigenvalue weighted by atomic mass is 10.1. The van der Waals surface area contributed by atoms with Crippen molar-refractivity contribution in [3.8, 4) is 0 Å². The summed E-state index contributed by atoms with van der Waals surface area (Å²) in [5.74, 6) is -1.25. The number of hydrogen-bond acceptors (Lipinski definition) is 4. The molecule has 0 bridgehead atoms. The summed E-state index contributed by atoms with van der Waals surface area (Å²) >= 11 is 0. The van der Waals surface area contributed by atoms with Gasteiger partial charge in [0.05, 0.1) is 6.54 Å². The van der Waals surface area contributed by atoms with Crippen molar-refractivity contribution in [2.45, 2.75) is 13.0 Å². The molecule has 1 saturated heterocycles. The number of nitrogens with zero attached hydrogens (tertiary/aromatic N) is 1. The summed E-state index contributed by atoms with van der Waals surface area (Å²) in [5, 5.41) is 8.76. The van der Waals surface area contributed by atoms with E-state index in [2.05, 4.69) is 4.74 Å². The van der Waals surface area contributed by atoms with Gasteiger partial charge < -0.3 is 9.84 Å². The number of anilines is 1. The SMILES string of the molecule is CC(=O)c1ccc(N2CC(C(=O)O)OC2=O)cc1. The Balaban J connectivity index is 2.19. The zero-order valence-electron chi connectivity index (χ0n) is 9.62. The average molecular weight is 249 g/mol. The van der Waals surface area contributed by atoms with Crippen molar-refractivity contribution in [1.29, 1.82) is 0 Å². The number of amides is 1. The maximum absolute atomic E-state index is 11.5. The first-order valence-corrected chi connectivity index (χ1v) is 5.31. The van der Waals surface area contributed by atoms with Gasteiger partial charge in [-0.15, -0.1) is 0 Å². The second kappa shape index (κ2) is 4.48. The molecule has 1 atom stereocenters. The third kappa shape index (κ3) is 2.17. The minimum atomic E-state index is -1.17. The fraction of sp³-hybridized carbons (Fsp3) is 0.250. The fourth-order valence-corrected chi connectivity index (χ4v) is 1.68. The van der Waals surface area contributed by atoms with E-state index < -0.39 is 18.2 Å². The summed E-state index contributed by atoms with van der Waals surface area (Å²) in [6.45, 7) is 1.41. The third-order valence-corrected chi connectivity index (χ3v) is 2.67. The van der Waals surface area contributed by atoms with Crippen LogP contribution in [0.3, 0.4) is 0 Å². The largest absolute Gasteiger partial charge is 0.478 e. The number of hydrogen-bond donors (Lipinski definition) is 1. The monoisotopic (exact) mass is 249 g/mol. The van der Waals surface area contributed by atoms with E-state index in [9.17, 15) is 14.4 Å². The Kier molecular flexibility index (Phi) is 3.01. The number of aliphatic carboxylic acids is 1. The molecule has 1 heterocycles. The molecule has 18 heavy (non-hydrogen) atoms. The highest BCUT2D eigenvalue weighted by Gasteiger charge is 2.36. The van der Waals surface area contributed by atoms with Gasteiger partial charge in [-0.2, -0.15) is 0 Å². The third-order valence-electron chi connectivity index (χ3n) is 2.67. The average Bonchev–Trinajstić information content (AvgIpc) is 2.71. The van der Waals surface area contributed by atoms with Crippen molar-refractivity contribution in [2.24, 2.45) is 0 Å². The summed E-state index contributed by atoms with van der Waals surface area (Å²) < 4.78 is 4.69. The number of ether oxygens (including phenoxy) is 1. The summed E-state index contributed by atoms with van der Waals surface area (Å²) in [5.41, 5.74) is 1.04. The van der Waals surface area contributed by atoms with Gasteiger partial charge in [0.15, 0.2) is 5.78 Å². The number of rotatable bonds is 3. The van der Waals surface area contributed by atoms with Crippen LogP contribution >= 0.6 is 0 Å². The van der Waals surface area contributed by atoms with Crippen LogP contribution in [0.1, 0.15) is 17.3 Å². The van der Waals surface area contributed by atoms with E-state index in [-0.39, 0.29) is 12.3 Å². The van der Waals surface area contributed by atoms with Gasteiger partial charge in [0.25, 0.3) is 0 Å². The number of carbonyl (C=O) groups excluding carboxylic acids is 2. The number of carboxylic acid groups (broad SMARTS) is 1. The van der Waals surface area contributed by atoms with Gasteiger partial charge in [0.2, 0.25) is 6.10 Å². The molecule has 0 spiro atoms. The van der Waals surface area contributed by atoms with Crippen LogP contribution in [-0.4, -0.2) is 35.6 Å². The van der Waals surface area contributed by atoms with E-state index in [1.165, 1.54) is 11.8 Å². The van der Waals surface area contributed by atoms with Crippen LogP contribution in [0.25, 0.3) is 0 Å². The zero-order valence-corrected chi connectivity index (χ0v) is 9.62. The molecule has 94 valence electrons. The summed E-state index contributed by atoms with van der Waals surface area (Å²) in [7, 11) is 0. The van der Waals surface area contributed by atoms with E-state index in [1.54, 1.807) is 24.3 Å². The van der Waals surface area contributed by atoms with Gasteiger partial charge in [-0.05, 0) is 31.2 Å². The standard InChI is InChI=1S/C12H11NO5/c1-7(14)8-2-4-9(5-3-8)13-6-10(11(15)16)18-12(13)17/h2-5,10H,6H2,1H3,(H,15,16).